The van der Waals surface area contributed by atoms with Gasteiger partial charge in [0, 0.05) is 18.5 Å². The molecular formula is C30H43N3O4. The number of nitrogens with zero attached hydrogens (tertiary/aromatic N) is 1. The van der Waals surface area contributed by atoms with E-state index in [4.69, 9.17) is 4.74 Å². The minimum absolute atomic E-state index is 0.107. The van der Waals surface area contributed by atoms with Gasteiger partial charge in [0.05, 0.1) is 0 Å². The first-order valence-electron chi connectivity index (χ1n) is 12.9. The van der Waals surface area contributed by atoms with Crippen LogP contribution >= 0.6 is 0 Å². The van der Waals surface area contributed by atoms with Gasteiger partial charge < -0.3 is 20.3 Å². The molecule has 7 nitrogen and oxygen atoms in total. The van der Waals surface area contributed by atoms with Crippen molar-refractivity contribution < 1.29 is 19.1 Å². The van der Waals surface area contributed by atoms with Gasteiger partial charge in [-0.05, 0) is 79.0 Å². The molecule has 202 valence electrons. The summed E-state index contributed by atoms with van der Waals surface area (Å²) < 4.78 is 5.48. The lowest BCUT2D eigenvalue weighted by Crippen LogP contribution is -2.56. The van der Waals surface area contributed by atoms with Gasteiger partial charge in [0.15, 0.2) is 0 Å². The Hall–Kier alpha value is -3.35. The summed E-state index contributed by atoms with van der Waals surface area (Å²) in [6.07, 6.45) is -0.423. The van der Waals surface area contributed by atoms with Crippen LogP contribution in [0.25, 0.3) is 0 Å². The topological polar surface area (TPSA) is 87.7 Å². The largest absolute Gasteiger partial charge is 0.444 e. The van der Waals surface area contributed by atoms with E-state index in [1.54, 1.807) is 25.7 Å². The summed E-state index contributed by atoms with van der Waals surface area (Å²) in [6, 6.07) is 13.2. The molecule has 2 unspecified atom stereocenters. The molecule has 37 heavy (non-hydrogen) atoms. The van der Waals surface area contributed by atoms with Crippen LogP contribution in [0.15, 0.2) is 48.5 Å². The van der Waals surface area contributed by atoms with E-state index in [1.165, 1.54) is 0 Å². The zero-order valence-electron chi connectivity index (χ0n) is 23.7. The first-order chi connectivity index (χ1) is 17.2. The monoisotopic (exact) mass is 509 g/mol. The molecule has 0 aliphatic carbocycles. The molecule has 7 heteroatoms. The zero-order valence-corrected chi connectivity index (χ0v) is 23.7. The van der Waals surface area contributed by atoms with Crippen LogP contribution in [-0.2, 0) is 20.7 Å². The average Bonchev–Trinajstić information content (AvgIpc) is 2.77. The highest BCUT2D eigenvalue weighted by Gasteiger charge is 2.38. The summed E-state index contributed by atoms with van der Waals surface area (Å²) in [4.78, 5) is 42.3. The van der Waals surface area contributed by atoms with Gasteiger partial charge in [0.2, 0.25) is 11.8 Å². The van der Waals surface area contributed by atoms with E-state index < -0.39 is 23.8 Å². The maximum Gasteiger partial charge on any atom is 0.408 e. The number of aryl methyl sites for hydroxylation is 2. The first-order valence-corrected chi connectivity index (χ1v) is 12.9. The molecular weight excluding hydrogens is 466 g/mol. The van der Waals surface area contributed by atoms with E-state index in [0.717, 1.165) is 22.3 Å². The lowest BCUT2D eigenvalue weighted by molar-refractivity contribution is -0.144. The van der Waals surface area contributed by atoms with Crippen molar-refractivity contribution in [2.45, 2.75) is 98.5 Å². The lowest BCUT2D eigenvalue weighted by atomic mass is 9.94. The van der Waals surface area contributed by atoms with E-state index in [9.17, 15) is 14.4 Å². The van der Waals surface area contributed by atoms with Crippen LogP contribution in [0.1, 0.15) is 76.8 Å². The molecule has 0 aliphatic heterocycles. The predicted molar refractivity (Wildman–Crippen MR) is 147 cm³/mol. The number of alkyl carbamates (subject to hydrolysis) is 1. The van der Waals surface area contributed by atoms with Crippen molar-refractivity contribution in [2.75, 3.05) is 0 Å². The Labute approximate surface area is 222 Å². The molecule has 2 N–H and O–H groups in total. The van der Waals surface area contributed by atoms with Gasteiger partial charge >= 0.3 is 6.09 Å². The van der Waals surface area contributed by atoms with Gasteiger partial charge in [-0.2, -0.15) is 0 Å². The number of carbonyl (C=O) groups is 3. The van der Waals surface area contributed by atoms with Gasteiger partial charge in [-0.1, -0.05) is 54.1 Å². The Morgan fingerprint density at radius 3 is 2.08 bits per heavy atom. The highest BCUT2D eigenvalue weighted by atomic mass is 16.6. The molecule has 0 spiro atoms. The predicted octanol–water partition coefficient (Wildman–Crippen LogP) is 5.24. The normalized spacial score (nSPS) is 13.2. The maximum absolute atomic E-state index is 14.3. The second-order valence-electron chi connectivity index (χ2n) is 11.2. The Morgan fingerprint density at radius 1 is 0.919 bits per heavy atom. The zero-order chi connectivity index (χ0) is 27.9. The summed E-state index contributed by atoms with van der Waals surface area (Å²) in [6.45, 7) is 16.8. The number of carbonyl (C=O) groups excluding carboxylic acids is 3. The second kappa shape index (κ2) is 12.7. The first kappa shape index (κ1) is 29.9. The molecule has 2 aromatic carbocycles. The number of hydrogen-bond acceptors (Lipinski definition) is 4. The highest BCUT2D eigenvalue weighted by molar-refractivity contribution is 5.92. The van der Waals surface area contributed by atoms with Crippen LogP contribution in [0.4, 0.5) is 4.79 Å². The van der Waals surface area contributed by atoms with Crippen molar-refractivity contribution in [3.05, 3.63) is 70.8 Å². The third kappa shape index (κ3) is 8.92. The summed E-state index contributed by atoms with van der Waals surface area (Å²) >= 11 is 0. The molecule has 0 bridgehead atoms. The van der Waals surface area contributed by atoms with Crippen LogP contribution < -0.4 is 10.6 Å². The quantitative estimate of drug-likeness (QED) is 0.484. The van der Waals surface area contributed by atoms with Crippen LogP contribution in [0.5, 0.6) is 0 Å². The number of hydrogen-bond donors (Lipinski definition) is 2. The lowest BCUT2D eigenvalue weighted by Gasteiger charge is -2.38. The number of amides is 3. The number of nitrogens with one attached hydrogen (secondary N) is 2. The fraction of sp³-hybridized carbons (Fsp3) is 0.500. The highest BCUT2D eigenvalue weighted by Crippen LogP contribution is 2.29. The van der Waals surface area contributed by atoms with Crippen LogP contribution in [-0.4, -0.2) is 46.5 Å². The third-order valence-corrected chi connectivity index (χ3v) is 5.77. The van der Waals surface area contributed by atoms with Crippen LogP contribution in [0.3, 0.4) is 0 Å². The van der Waals surface area contributed by atoms with Crippen molar-refractivity contribution in [1.82, 2.24) is 15.5 Å². The number of benzene rings is 2. The van der Waals surface area contributed by atoms with Crippen molar-refractivity contribution in [2.24, 2.45) is 0 Å². The van der Waals surface area contributed by atoms with Crippen LogP contribution in [0, 0.1) is 13.8 Å². The Morgan fingerprint density at radius 2 is 1.54 bits per heavy atom. The molecule has 0 heterocycles. The van der Waals surface area contributed by atoms with Gasteiger partial charge in [-0.15, -0.1) is 0 Å². The Kier molecular flexibility index (Phi) is 10.3. The number of ether oxygens (including phenoxy) is 1. The van der Waals surface area contributed by atoms with Crippen molar-refractivity contribution in [3.8, 4) is 0 Å². The summed E-state index contributed by atoms with van der Waals surface area (Å²) in [5, 5.41) is 5.78. The van der Waals surface area contributed by atoms with Crippen LogP contribution in [0.2, 0.25) is 0 Å². The molecule has 0 saturated heterocycles. The molecule has 3 amide bonds. The van der Waals surface area contributed by atoms with E-state index in [-0.39, 0.29) is 30.3 Å². The number of rotatable bonds is 9. The minimum Gasteiger partial charge on any atom is -0.444 e. The second-order valence-corrected chi connectivity index (χ2v) is 11.2. The molecule has 0 fully saturated rings. The SMILES string of the molecule is Cc1ccc(C)c(C(C(=O)NC(C)C)N(C(=O)C(Cc2ccccc2)NC(=O)OC(C)(C)C)C(C)C)c1. The summed E-state index contributed by atoms with van der Waals surface area (Å²) in [5.74, 6) is -0.615. The molecule has 2 rings (SSSR count). The molecule has 0 radical (unpaired) electrons. The van der Waals surface area contributed by atoms with E-state index >= 15 is 0 Å². The molecule has 0 aromatic heterocycles. The third-order valence-electron chi connectivity index (χ3n) is 5.77. The van der Waals surface area contributed by atoms with Gasteiger partial charge in [-0.3, -0.25) is 9.59 Å². The molecule has 0 aliphatic rings. The standard InChI is InChI=1S/C30H43N3O4/c1-19(2)31-27(34)26(24-17-21(5)15-16-22(24)6)33(20(3)4)28(35)25(18-23-13-11-10-12-14-23)32-29(36)37-30(7,8)9/h10-17,19-20,25-26H,18H2,1-9H3,(H,31,34)(H,32,36). The smallest absolute Gasteiger partial charge is 0.408 e. The minimum atomic E-state index is -0.931. The van der Waals surface area contributed by atoms with Crippen molar-refractivity contribution in [1.29, 1.82) is 0 Å². The molecule has 2 aromatic rings. The van der Waals surface area contributed by atoms with Gasteiger partial charge in [0.25, 0.3) is 0 Å². The van der Waals surface area contributed by atoms with Crippen molar-refractivity contribution in [3.63, 3.8) is 0 Å². The molecule has 0 saturated carbocycles. The Bertz CT molecular complexity index is 1070. The van der Waals surface area contributed by atoms with Crippen molar-refractivity contribution >= 4 is 17.9 Å². The van der Waals surface area contributed by atoms with E-state index in [2.05, 4.69) is 10.6 Å². The van der Waals surface area contributed by atoms with Gasteiger partial charge in [-0.25, -0.2) is 4.79 Å². The maximum atomic E-state index is 14.3. The molecule has 2 atom stereocenters. The van der Waals surface area contributed by atoms with E-state index in [0.29, 0.717) is 0 Å². The summed E-state index contributed by atoms with van der Waals surface area (Å²) in [5.41, 5.74) is 2.83. The van der Waals surface area contributed by atoms with Gasteiger partial charge in [0.1, 0.15) is 17.7 Å². The summed E-state index contributed by atoms with van der Waals surface area (Å²) in [7, 11) is 0. The fourth-order valence-corrected chi connectivity index (χ4v) is 4.19. The van der Waals surface area contributed by atoms with E-state index in [1.807, 2.05) is 90.1 Å². The Balaban J connectivity index is 2.58. The average molecular weight is 510 g/mol. The fourth-order valence-electron chi connectivity index (χ4n) is 4.19.